The number of aryl methyl sites for hydroxylation is 1. The summed E-state index contributed by atoms with van der Waals surface area (Å²) in [5.74, 6) is 0.515. The summed E-state index contributed by atoms with van der Waals surface area (Å²) in [5, 5.41) is 4.12. The van der Waals surface area contributed by atoms with Crippen molar-refractivity contribution in [2.75, 3.05) is 5.32 Å². The third-order valence-corrected chi connectivity index (χ3v) is 5.40. The highest BCUT2D eigenvalue weighted by Gasteiger charge is 2.60. The number of carbonyl (C=O) groups excluding carboxylic acids is 1. The number of benzene rings is 1. The summed E-state index contributed by atoms with van der Waals surface area (Å²) in [5.41, 5.74) is 3.18. The fourth-order valence-corrected chi connectivity index (χ4v) is 4.05. The average molecular weight is 314 g/mol. The monoisotopic (exact) mass is 314 g/mol. The number of hydrogen-bond donors (Lipinski definition) is 1. The van der Waals surface area contributed by atoms with Gasteiger partial charge in [-0.2, -0.15) is 0 Å². The Kier molecular flexibility index (Phi) is 3.60. The summed E-state index contributed by atoms with van der Waals surface area (Å²) >= 11 is 1.65. The minimum atomic E-state index is 0.0481. The van der Waals surface area contributed by atoms with Crippen molar-refractivity contribution in [3.63, 3.8) is 0 Å². The Morgan fingerprint density at radius 2 is 2.09 bits per heavy atom. The summed E-state index contributed by atoms with van der Waals surface area (Å²) < 4.78 is 1.12. The van der Waals surface area contributed by atoms with E-state index in [4.69, 9.17) is 0 Å². The van der Waals surface area contributed by atoms with Gasteiger partial charge in [0.25, 0.3) is 0 Å². The number of carbonyl (C=O) groups is 1. The first-order valence-corrected chi connectivity index (χ1v) is 8.44. The zero-order chi connectivity index (χ0) is 16.1. The maximum atomic E-state index is 12.6. The maximum Gasteiger partial charge on any atom is 0.228 e. The Bertz CT molecular complexity index is 768. The van der Waals surface area contributed by atoms with E-state index in [1.54, 1.807) is 11.3 Å². The van der Waals surface area contributed by atoms with Crippen LogP contribution in [-0.2, 0) is 4.79 Å². The van der Waals surface area contributed by atoms with Crippen LogP contribution in [0.5, 0.6) is 0 Å². The highest BCUT2D eigenvalue weighted by atomic mass is 32.1. The van der Waals surface area contributed by atoms with Crippen molar-refractivity contribution >= 4 is 33.1 Å². The first kappa shape index (κ1) is 15.2. The highest BCUT2D eigenvalue weighted by molar-refractivity contribution is 7.18. The number of hydrogen-bond acceptors (Lipinski definition) is 3. The van der Waals surface area contributed by atoms with Crippen LogP contribution < -0.4 is 5.32 Å². The van der Waals surface area contributed by atoms with Gasteiger partial charge >= 0.3 is 0 Å². The van der Waals surface area contributed by atoms with Crippen molar-refractivity contribution < 1.29 is 4.79 Å². The number of allylic oxidation sites excluding steroid dienone is 2. The van der Waals surface area contributed by atoms with Crippen LogP contribution in [0, 0.1) is 24.2 Å². The van der Waals surface area contributed by atoms with Gasteiger partial charge in [-0.05, 0) is 50.3 Å². The zero-order valence-electron chi connectivity index (χ0n) is 13.7. The van der Waals surface area contributed by atoms with Gasteiger partial charge in [0.15, 0.2) is 0 Å². The van der Waals surface area contributed by atoms with Crippen LogP contribution in [0.2, 0.25) is 0 Å². The van der Waals surface area contributed by atoms with E-state index < -0.39 is 0 Å². The molecular formula is C18H22N2OS. The summed E-state index contributed by atoms with van der Waals surface area (Å²) in [6.45, 7) is 10.5. The molecule has 0 radical (unpaired) electrons. The number of nitrogens with one attached hydrogen (secondary N) is 1. The fraction of sp³-hybridized carbons (Fsp3) is 0.444. The molecule has 1 aromatic heterocycles. The quantitative estimate of drug-likeness (QED) is 0.828. The minimum absolute atomic E-state index is 0.0481. The topological polar surface area (TPSA) is 42.0 Å². The van der Waals surface area contributed by atoms with E-state index in [0.717, 1.165) is 20.9 Å². The molecule has 116 valence electrons. The number of amides is 1. The van der Waals surface area contributed by atoms with Gasteiger partial charge < -0.3 is 5.32 Å². The molecule has 1 heterocycles. The first-order valence-electron chi connectivity index (χ1n) is 7.62. The molecule has 0 bridgehead atoms. The number of rotatable bonds is 3. The Balaban J connectivity index is 1.77. The number of anilines is 1. The number of aromatic nitrogens is 1. The van der Waals surface area contributed by atoms with Gasteiger partial charge in [-0.3, -0.25) is 4.79 Å². The molecule has 3 nitrogen and oxygen atoms in total. The van der Waals surface area contributed by atoms with Crippen molar-refractivity contribution in [2.45, 2.75) is 34.6 Å². The summed E-state index contributed by atoms with van der Waals surface area (Å²) in [6.07, 6.45) is 2.22. The molecule has 1 aliphatic carbocycles. The average Bonchev–Trinajstić information content (AvgIpc) is 2.75. The molecule has 4 heteroatoms. The summed E-state index contributed by atoms with van der Waals surface area (Å²) in [4.78, 5) is 17.0. The van der Waals surface area contributed by atoms with E-state index in [9.17, 15) is 4.79 Å². The Hall–Kier alpha value is -1.68. The second-order valence-electron chi connectivity index (χ2n) is 6.97. The van der Waals surface area contributed by atoms with Gasteiger partial charge in [-0.1, -0.05) is 25.5 Å². The van der Waals surface area contributed by atoms with Crippen molar-refractivity contribution in [3.05, 3.63) is 34.9 Å². The van der Waals surface area contributed by atoms with E-state index >= 15 is 0 Å². The Labute approximate surface area is 135 Å². The molecular weight excluding hydrogens is 292 g/mol. The minimum Gasteiger partial charge on any atom is -0.326 e. The Morgan fingerprint density at radius 1 is 1.36 bits per heavy atom. The lowest BCUT2D eigenvalue weighted by Gasteiger charge is -2.06. The molecule has 1 saturated carbocycles. The molecule has 1 fully saturated rings. The van der Waals surface area contributed by atoms with Gasteiger partial charge in [-0.15, -0.1) is 11.3 Å². The van der Waals surface area contributed by atoms with Crippen molar-refractivity contribution in [3.8, 4) is 0 Å². The van der Waals surface area contributed by atoms with E-state index in [1.165, 1.54) is 5.57 Å². The normalized spacial score (nSPS) is 22.4. The number of thiazole rings is 1. The van der Waals surface area contributed by atoms with Crippen molar-refractivity contribution in [2.24, 2.45) is 17.3 Å². The molecule has 1 amide bonds. The van der Waals surface area contributed by atoms with Gasteiger partial charge in [0.05, 0.1) is 21.1 Å². The Morgan fingerprint density at radius 3 is 2.77 bits per heavy atom. The number of nitrogens with zero attached hydrogens (tertiary/aromatic N) is 1. The second kappa shape index (κ2) is 5.20. The van der Waals surface area contributed by atoms with Crippen molar-refractivity contribution in [1.29, 1.82) is 0 Å². The van der Waals surface area contributed by atoms with E-state index in [2.05, 4.69) is 44.1 Å². The van der Waals surface area contributed by atoms with Crippen LogP contribution in [-0.4, -0.2) is 10.9 Å². The molecule has 0 aliphatic heterocycles. The van der Waals surface area contributed by atoms with E-state index in [-0.39, 0.29) is 17.2 Å². The highest BCUT2D eigenvalue weighted by Crippen LogP contribution is 2.59. The second-order valence-corrected chi connectivity index (χ2v) is 8.21. The fourth-order valence-electron chi connectivity index (χ4n) is 3.19. The largest absolute Gasteiger partial charge is 0.326 e. The third-order valence-electron chi connectivity index (χ3n) is 4.47. The molecule has 0 spiro atoms. The molecule has 1 aliphatic rings. The first-order chi connectivity index (χ1) is 10.3. The van der Waals surface area contributed by atoms with Crippen LogP contribution in [0.25, 0.3) is 10.2 Å². The zero-order valence-corrected chi connectivity index (χ0v) is 14.5. The standard InChI is InChI=1S/C18H22N2OS/c1-10(2)8-13-16(18(13,4)5)17(21)20-12-6-7-14-15(9-12)22-11(3)19-14/h6-9,13,16H,1-5H3,(H,20,21). The van der Waals surface area contributed by atoms with Crippen molar-refractivity contribution in [1.82, 2.24) is 4.98 Å². The van der Waals surface area contributed by atoms with Crippen LogP contribution in [0.15, 0.2) is 29.8 Å². The SMILES string of the molecule is CC(C)=CC1C(C(=O)Nc2ccc3nc(C)sc3c2)C1(C)C. The number of fused-ring (bicyclic) bond motifs is 1. The molecule has 3 rings (SSSR count). The molecule has 1 N–H and O–H groups in total. The summed E-state index contributed by atoms with van der Waals surface area (Å²) in [7, 11) is 0. The molecule has 2 unspecified atom stereocenters. The third kappa shape index (κ3) is 2.68. The van der Waals surface area contributed by atoms with Gasteiger partial charge in [-0.25, -0.2) is 4.98 Å². The van der Waals surface area contributed by atoms with Gasteiger partial charge in [0.1, 0.15) is 0 Å². The molecule has 2 atom stereocenters. The molecule has 2 aromatic rings. The lowest BCUT2D eigenvalue weighted by Crippen LogP contribution is -2.16. The van der Waals surface area contributed by atoms with E-state index in [1.807, 2.05) is 25.1 Å². The van der Waals surface area contributed by atoms with Crippen LogP contribution in [0.4, 0.5) is 5.69 Å². The molecule has 22 heavy (non-hydrogen) atoms. The van der Waals surface area contributed by atoms with Crippen LogP contribution in [0.3, 0.4) is 0 Å². The maximum absolute atomic E-state index is 12.6. The lowest BCUT2D eigenvalue weighted by molar-refractivity contribution is -0.118. The summed E-state index contributed by atoms with van der Waals surface area (Å²) in [6, 6.07) is 5.92. The molecule has 0 saturated heterocycles. The molecule has 1 aromatic carbocycles. The van der Waals surface area contributed by atoms with Gasteiger partial charge in [0.2, 0.25) is 5.91 Å². The smallest absolute Gasteiger partial charge is 0.228 e. The predicted octanol–water partition coefficient (Wildman–Crippen LogP) is 4.78. The predicted molar refractivity (Wildman–Crippen MR) is 93.2 cm³/mol. The van der Waals surface area contributed by atoms with Gasteiger partial charge in [0, 0.05) is 5.69 Å². The van der Waals surface area contributed by atoms with Crippen LogP contribution in [0.1, 0.15) is 32.7 Å². The van der Waals surface area contributed by atoms with E-state index in [0.29, 0.717) is 5.92 Å². The lowest BCUT2D eigenvalue weighted by atomic mass is 10.1. The van der Waals surface area contributed by atoms with Crippen LogP contribution >= 0.6 is 11.3 Å².